The van der Waals surface area contributed by atoms with Crippen molar-refractivity contribution in [1.82, 2.24) is 4.90 Å². The first-order valence-electron chi connectivity index (χ1n) is 14.1. The van der Waals surface area contributed by atoms with Gasteiger partial charge in [-0.25, -0.2) is 4.79 Å². The van der Waals surface area contributed by atoms with Gasteiger partial charge in [0.15, 0.2) is 0 Å². The molecular weight excluding hydrogens is 542 g/mol. The van der Waals surface area contributed by atoms with Crippen LogP contribution in [0.3, 0.4) is 0 Å². The normalized spacial score (nSPS) is 15.4. The number of amides is 1. The zero-order valence-electron chi connectivity index (χ0n) is 24.7. The summed E-state index contributed by atoms with van der Waals surface area (Å²) in [5, 5.41) is 0. The Morgan fingerprint density at radius 3 is 2.32 bits per heavy atom. The maximum absolute atomic E-state index is 13.2. The van der Waals surface area contributed by atoms with E-state index in [0.29, 0.717) is 12.5 Å². The van der Waals surface area contributed by atoms with Crippen LogP contribution in [0.1, 0.15) is 80.7 Å². The zero-order chi connectivity index (χ0) is 30.2. The standard InChI is InChI=1S/C31H41NO5S.CO2/c1-22-15-16-27-25(19-22)20-28(29(27)23-11-7-6-8-12-23)26-14-10-9-13-24(26)21-32(17-18-36-38(5,34)35)30(33)37-31(2,3)4;2-1-3/h9-10,13-16,19,23H,6-8,11-12,17-18,20-21H2,1-5H3;. The van der Waals surface area contributed by atoms with Crippen molar-refractivity contribution in [3.05, 3.63) is 70.3 Å². The molecule has 1 fully saturated rings. The lowest BCUT2D eigenvalue weighted by Gasteiger charge is -2.29. The second-order valence-corrected chi connectivity index (χ2v) is 13.4. The quantitative estimate of drug-likeness (QED) is 0.342. The van der Waals surface area contributed by atoms with Gasteiger partial charge in [-0.3, -0.25) is 4.18 Å². The van der Waals surface area contributed by atoms with Crippen LogP contribution in [0.4, 0.5) is 4.79 Å². The molecule has 8 nitrogen and oxygen atoms in total. The second kappa shape index (κ2) is 14.1. The van der Waals surface area contributed by atoms with Crippen molar-refractivity contribution >= 4 is 33.5 Å². The maximum atomic E-state index is 13.2. The fraction of sp³-hybridized carbons (Fsp3) is 0.500. The molecule has 0 radical (unpaired) electrons. The Labute approximate surface area is 243 Å². The summed E-state index contributed by atoms with van der Waals surface area (Å²) in [5.74, 6) is 0.542. The Kier molecular flexibility index (Phi) is 11.1. The third-order valence-corrected chi connectivity index (χ3v) is 7.87. The molecular formula is C32H41NO7S. The van der Waals surface area contributed by atoms with Crippen LogP contribution in [-0.2, 0) is 41.6 Å². The number of aryl methyl sites for hydroxylation is 1. The maximum Gasteiger partial charge on any atom is 0.410 e. The summed E-state index contributed by atoms with van der Waals surface area (Å²) in [6.07, 6.45) is 7.89. The largest absolute Gasteiger partial charge is 0.444 e. The van der Waals surface area contributed by atoms with Gasteiger partial charge in [0.25, 0.3) is 10.1 Å². The molecule has 1 saturated carbocycles. The summed E-state index contributed by atoms with van der Waals surface area (Å²) in [6.45, 7) is 7.89. The second-order valence-electron chi connectivity index (χ2n) is 11.7. The van der Waals surface area contributed by atoms with E-state index in [9.17, 15) is 13.2 Å². The van der Waals surface area contributed by atoms with Gasteiger partial charge in [0.1, 0.15) is 5.60 Å². The lowest BCUT2D eigenvalue weighted by molar-refractivity contribution is -0.191. The molecule has 0 heterocycles. The Bertz CT molecular complexity index is 1390. The Morgan fingerprint density at radius 2 is 1.68 bits per heavy atom. The van der Waals surface area contributed by atoms with Crippen molar-refractivity contribution in [2.75, 3.05) is 19.4 Å². The molecule has 0 aromatic heterocycles. The van der Waals surface area contributed by atoms with Gasteiger partial charge >= 0.3 is 12.2 Å². The molecule has 41 heavy (non-hydrogen) atoms. The summed E-state index contributed by atoms with van der Waals surface area (Å²) in [4.78, 5) is 31.0. The van der Waals surface area contributed by atoms with E-state index in [1.165, 1.54) is 59.9 Å². The summed E-state index contributed by atoms with van der Waals surface area (Å²) < 4.78 is 33.7. The molecule has 0 spiro atoms. The summed E-state index contributed by atoms with van der Waals surface area (Å²) in [5.41, 5.74) is 8.34. The van der Waals surface area contributed by atoms with Gasteiger partial charge in [0, 0.05) is 13.1 Å². The van der Waals surface area contributed by atoms with Crippen LogP contribution in [0.2, 0.25) is 0 Å². The number of rotatable bonds is 8. The highest BCUT2D eigenvalue weighted by Crippen LogP contribution is 2.47. The summed E-state index contributed by atoms with van der Waals surface area (Å²) in [6, 6.07) is 15.1. The van der Waals surface area contributed by atoms with E-state index < -0.39 is 21.8 Å². The fourth-order valence-corrected chi connectivity index (χ4v) is 6.07. The molecule has 2 aromatic carbocycles. The van der Waals surface area contributed by atoms with Gasteiger partial charge in [-0.2, -0.15) is 18.0 Å². The highest BCUT2D eigenvalue weighted by molar-refractivity contribution is 7.85. The van der Waals surface area contributed by atoms with Crippen LogP contribution in [-0.4, -0.2) is 50.6 Å². The first-order chi connectivity index (χ1) is 19.3. The van der Waals surface area contributed by atoms with E-state index in [4.69, 9.17) is 18.5 Å². The smallest absolute Gasteiger partial charge is 0.410 e. The average molecular weight is 584 g/mol. The molecule has 2 aliphatic carbocycles. The Balaban J connectivity index is 0.00000147. The molecule has 0 atom stereocenters. The van der Waals surface area contributed by atoms with Gasteiger partial charge in [-0.1, -0.05) is 67.3 Å². The number of allylic oxidation sites excluding steroid dienone is 2. The lowest BCUT2D eigenvalue weighted by atomic mass is 9.79. The van der Waals surface area contributed by atoms with Crippen molar-refractivity contribution in [3.8, 4) is 0 Å². The monoisotopic (exact) mass is 583 g/mol. The number of ether oxygens (including phenoxy) is 1. The van der Waals surface area contributed by atoms with Crippen molar-refractivity contribution in [2.24, 2.45) is 5.92 Å². The summed E-state index contributed by atoms with van der Waals surface area (Å²) in [7, 11) is -3.61. The first-order valence-corrected chi connectivity index (χ1v) is 15.9. The zero-order valence-corrected chi connectivity index (χ0v) is 25.5. The van der Waals surface area contributed by atoms with E-state index in [1.54, 1.807) is 4.90 Å². The number of hydrogen-bond donors (Lipinski definition) is 0. The Hall–Kier alpha value is -3.26. The molecule has 0 bridgehead atoms. The van der Waals surface area contributed by atoms with Gasteiger partial charge in [-0.05, 0) is 86.3 Å². The minimum absolute atomic E-state index is 0.101. The molecule has 4 rings (SSSR count). The van der Waals surface area contributed by atoms with Gasteiger partial charge < -0.3 is 9.64 Å². The highest BCUT2D eigenvalue weighted by atomic mass is 32.2. The van der Waals surface area contributed by atoms with Gasteiger partial charge in [0.2, 0.25) is 0 Å². The van der Waals surface area contributed by atoms with Crippen molar-refractivity contribution in [2.45, 2.75) is 78.4 Å². The van der Waals surface area contributed by atoms with E-state index in [-0.39, 0.29) is 19.3 Å². The minimum atomic E-state index is -3.61. The number of benzene rings is 2. The topological polar surface area (TPSA) is 107 Å². The van der Waals surface area contributed by atoms with Crippen molar-refractivity contribution in [1.29, 1.82) is 0 Å². The Morgan fingerprint density at radius 1 is 1.02 bits per heavy atom. The molecule has 0 aliphatic heterocycles. The molecule has 222 valence electrons. The van der Waals surface area contributed by atoms with Crippen molar-refractivity contribution < 1.29 is 31.7 Å². The first kappa shape index (κ1) is 32.3. The SMILES string of the molecule is Cc1ccc2c(c1)CC(c1ccccc1CN(CCOS(C)(=O)=O)C(=O)OC(C)(C)C)=C2C1CCCCC1.O=C=O. The van der Waals surface area contributed by atoms with E-state index >= 15 is 0 Å². The van der Waals surface area contributed by atoms with Crippen LogP contribution in [0, 0.1) is 12.8 Å². The lowest BCUT2D eigenvalue weighted by Crippen LogP contribution is -2.38. The van der Waals surface area contributed by atoms with E-state index in [1.807, 2.05) is 26.8 Å². The van der Waals surface area contributed by atoms with Gasteiger partial charge in [-0.15, -0.1) is 0 Å². The predicted molar refractivity (Wildman–Crippen MR) is 157 cm³/mol. The molecule has 0 saturated heterocycles. The van der Waals surface area contributed by atoms with Crippen molar-refractivity contribution in [3.63, 3.8) is 0 Å². The van der Waals surface area contributed by atoms with E-state index in [0.717, 1.165) is 23.8 Å². The molecule has 0 N–H and O–H groups in total. The summed E-state index contributed by atoms with van der Waals surface area (Å²) >= 11 is 0. The molecule has 2 aromatic rings. The van der Waals surface area contributed by atoms with Crippen LogP contribution >= 0.6 is 0 Å². The molecule has 0 unspecified atom stereocenters. The minimum Gasteiger partial charge on any atom is -0.444 e. The van der Waals surface area contributed by atoms with E-state index in [2.05, 4.69) is 43.3 Å². The number of nitrogens with zero attached hydrogens (tertiary/aromatic N) is 1. The van der Waals surface area contributed by atoms with Gasteiger partial charge in [0.05, 0.1) is 12.9 Å². The average Bonchev–Trinajstić information content (AvgIpc) is 3.26. The van der Waals surface area contributed by atoms with Crippen LogP contribution < -0.4 is 0 Å². The van der Waals surface area contributed by atoms with Crippen LogP contribution in [0.5, 0.6) is 0 Å². The fourth-order valence-electron chi connectivity index (χ4n) is 5.70. The predicted octanol–water partition coefficient (Wildman–Crippen LogP) is 6.17. The van der Waals surface area contributed by atoms with Crippen LogP contribution in [0.25, 0.3) is 11.1 Å². The highest BCUT2D eigenvalue weighted by Gasteiger charge is 2.31. The molecule has 2 aliphatic rings. The molecule has 1 amide bonds. The number of carbonyl (C=O) groups is 1. The number of carbonyl (C=O) groups excluding carboxylic acids is 3. The third kappa shape index (κ3) is 9.38. The number of hydrogen-bond acceptors (Lipinski definition) is 7. The molecule has 9 heteroatoms. The van der Waals surface area contributed by atoms with Crippen LogP contribution in [0.15, 0.2) is 42.5 Å². The third-order valence-electron chi connectivity index (χ3n) is 7.27. The number of fused-ring (bicyclic) bond motifs is 1.